The Hall–Kier alpha value is -1.91. The summed E-state index contributed by atoms with van der Waals surface area (Å²) in [5.74, 6) is 0.238. The first-order valence-corrected chi connectivity index (χ1v) is 9.78. The first-order chi connectivity index (χ1) is 12.1. The van der Waals surface area contributed by atoms with Crippen LogP contribution in [0.2, 0.25) is 0 Å². The third-order valence-electron chi connectivity index (χ3n) is 4.41. The van der Waals surface area contributed by atoms with Gasteiger partial charge >= 0.3 is 9.40 Å². The topological polar surface area (TPSA) is 24.2 Å². The molecule has 0 N–H and O–H groups in total. The molecular weight excluding hydrogens is 328 g/mol. The summed E-state index contributed by atoms with van der Waals surface area (Å²) in [5, 5.41) is 0. The van der Waals surface area contributed by atoms with Gasteiger partial charge in [-0.3, -0.25) is 4.79 Å². The van der Waals surface area contributed by atoms with Crippen molar-refractivity contribution in [2.45, 2.75) is 32.7 Å². The number of rotatable bonds is 7. The standard InChI is InChI=1S/C21H26N2OS/c1-4-8-19(24)16-11-12-21-18(15-16)23(14-7-13-22(2)3)17-9-5-6-10-20(17)25-21/h5-6,9-12,15H,4,7-8,13-14H2,1-3H3/q+2. The van der Waals surface area contributed by atoms with E-state index in [9.17, 15) is 4.79 Å². The molecule has 3 aromatic rings. The molecule has 3 nitrogen and oxygen atoms in total. The van der Waals surface area contributed by atoms with E-state index >= 15 is 0 Å². The molecular formula is C21H26N2OS+2. The van der Waals surface area contributed by atoms with Crippen LogP contribution in [-0.2, 0) is 6.54 Å². The second-order valence-corrected chi connectivity index (χ2v) is 7.82. The van der Waals surface area contributed by atoms with E-state index in [0.29, 0.717) is 6.42 Å². The molecule has 0 unspecified atom stereocenters. The molecule has 0 atom stereocenters. The summed E-state index contributed by atoms with van der Waals surface area (Å²) in [7, 11) is 4.21. The molecule has 0 amide bonds. The van der Waals surface area contributed by atoms with Crippen LogP contribution >= 0.6 is 11.3 Å². The summed E-state index contributed by atoms with van der Waals surface area (Å²) < 4.78 is 4.90. The summed E-state index contributed by atoms with van der Waals surface area (Å²) in [5.41, 5.74) is 3.25. The van der Waals surface area contributed by atoms with Gasteiger partial charge in [-0.25, -0.2) is 0 Å². The highest BCUT2D eigenvalue weighted by atomic mass is 32.1. The van der Waals surface area contributed by atoms with E-state index in [4.69, 9.17) is 0 Å². The van der Waals surface area contributed by atoms with Crippen molar-refractivity contribution in [2.24, 2.45) is 0 Å². The average Bonchev–Trinajstić information content (AvgIpc) is 2.60. The van der Waals surface area contributed by atoms with Gasteiger partial charge in [0.15, 0.2) is 12.3 Å². The number of Topliss-reactive ketones (excluding diaryl/α,β-unsaturated/α-hetero) is 1. The zero-order valence-electron chi connectivity index (χ0n) is 15.3. The van der Waals surface area contributed by atoms with Crippen molar-refractivity contribution < 1.29 is 9.36 Å². The highest BCUT2D eigenvalue weighted by Gasteiger charge is 2.25. The predicted octanol–water partition coefficient (Wildman–Crippen LogP) is 4.56. The first-order valence-electron chi connectivity index (χ1n) is 8.96. The lowest BCUT2D eigenvalue weighted by Gasteiger charge is -2.08. The normalized spacial score (nSPS) is 11.5. The summed E-state index contributed by atoms with van der Waals surface area (Å²) in [6, 6.07) is 14.7. The number of hydrogen-bond acceptors (Lipinski definition) is 2. The molecule has 0 aliphatic heterocycles. The fourth-order valence-corrected chi connectivity index (χ4v) is 4.24. The van der Waals surface area contributed by atoms with Gasteiger partial charge in [-0.1, -0.05) is 19.1 Å². The van der Waals surface area contributed by atoms with E-state index in [1.165, 1.54) is 20.4 Å². The number of hydrogen-bond donors (Lipinski definition) is 0. The number of carbonyl (C=O) groups excluding carboxylic acids is 1. The Morgan fingerprint density at radius 2 is 1.84 bits per heavy atom. The average molecular weight is 355 g/mol. The largest absolute Gasteiger partial charge is 0.309 e. The van der Waals surface area contributed by atoms with E-state index in [2.05, 4.69) is 66.9 Å². The van der Waals surface area contributed by atoms with Crippen molar-refractivity contribution in [1.29, 1.82) is 0 Å². The van der Waals surface area contributed by atoms with Gasteiger partial charge in [0.2, 0.25) is 11.3 Å². The lowest BCUT2D eigenvalue weighted by Crippen LogP contribution is -2.36. The maximum absolute atomic E-state index is 12.4. The van der Waals surface area contributed by atoms with Crippen molar-refractivity contribution in [3.63, 3.8) is 0 Å². The molecule has 2 aromatic carbocycles. The van der Waals surface area contributed by atoms with Crippen molar-refractivity contribution in [3.05, 3.63) is 48.0 Å². The van der Waals surface area contributed by atoms with E-state index in [0.717, 1.165) is 31.5 Å². The van der Waals surface area contributed by atoms with Gasteiger partial charge in [-0.2, -0.15) is 4.57 Å². The minimum absolute atomic E-state index is 0.238. The molecule has 4 heteroatoms. The number of fused-ring (bicyclic) bond motifs is 2. The molecule has 0 aliphatic carbocycles. The summed E-state index contributed by atoms with van der Waals surface area (Å²) in [6.07, 6.45) is 2.59. The second-order valence-electron chi connectivity index (χ2n) is 6.73. The van der Waals surface area contributed by atoms with Crippen LogP contribution in [0.4, 0.5) is 0 Å². The summed E-state index contributed by atoms with van der Waals surface area (Å²) in [4.78, 5) is 14.6. The van der Waals surface area contributed by atoms with Crippen molar-refractivity contribution >= 4 is 37.6 Å². The Morgan fingerprint density at radius 3 is 2.60 bits per heavy atom. The molecule has 1 aromatic heterocycles. The van der Waals surface area contributed by atoms with E-state index < -0.39 is 0 Å². The van der Waals surface area contributed by atoms with Crippen LogP contribution in [0.15, 0.2) is 42.5 Å². The Bertz CT molecular complexity index is 905. The van der Waals surface area contributed by atoms with Crippen molar-refractivity contribution in [1.82, 2.24) is 4.90 Å². The second kappa shape index (κ2) is 7.98. The lowest BCUT2D eigenvalue weighted by molar-refractivity contribution is -0.645. The number of aryl methyl sites for hydroxylation is 1. The van der Waals surface area contributed by atoms with Gasteiger partial charge in [-0.05, 0) is 26.6 Å². The Labute approximate surface area is 153 Å². The minimum Gasteiger partial charge on any atom is -0.309 e. The predicted molar refractivity (Wildman–Crippen MR) is 106 cm³/mol. The number of ketones is 1. The highest BCUT2D eigenvalue weighted by Crippen LogP contribution is 2.25. The minimum atomic E-state index is 0.238. The Kier molecular flexibility index (Phi) is 5.71. The summed E-state index contributed by atoms with van der Waals surface area (Å²) in [6.45, 7) is 4.06. The zero-order chi connectivity index (χ0) is 17.8. The molecule has 3 rings (SSSR count). The fourth-order valence-electron chi connectivity index (χ4n) is 3.16. The molecule has 1 heterocycles. The number of aromatic nitrogens is 1. The monoisotopic (exact) mass is 354 g/mol. The molecule has 0 spiro atoms. The Balaban J connectivity index is 2.13. The van der Waals surface area contributed by atoms with Crippen LogP contribution in [0.3, 0.4) is 0 Å². The van der Waals surface area contributed by atoms with Gasteiger partial charge in [-0.15, -0.1) is 0 Å². The fraction of sp³-hybridized carbons (Fsp3) is 0.381. The maximum atomic E-state index is 12.4. The molecule has 130 valence electrons. The molecule has 0 aliphatic rings. The quantitative estimate of drug-likeness (QED) is 0.269. The van der Waals surface area contributed by atoms with Crippen LogP contribution in [0.1, 0.15) is 36.5 Å². The number of nitrogens with zero attached hydrogens (tertiary/aromatic N) is 2. The van der Waals surface area contributed by atoms with Gasteiger partial charge in [0.25, 0.3) is 11.0 Å². The van der Waals surface area contributed by atoms with Gasteiger partial charge < -0.3 is 4.90 Å². The third kappa shape index (κ3) is 4.02. The van der Waals surface area contributed by atoms with E-state index in [1.54, 1.807) is 11.3 Å². The maximum Gasteiger partial charge on any atom is 0.302 e. The number of para-hydroxylation sites is 1. The van der Waals surface area contributed by atoms with Crippen molar-refractivity contribution in [2.75, 3.05) is 20.6 Å². The van der Waals surface area contributed by atoms with Crippen LogP contribution in [-0.4, -0.2) is 31.3 Å². The molecule has 0 fully saturated rings. The summed E-state index contributed by atoms with van der Waals surface area (Å²) >= 11 is 1.80. The van der Waals surface area contributed by atoms with E-state index in [-0.39, 0.29) is 5.78 Å². The van der Waals surface area contributed by atoms with Crippen LogP contribution < -0.4 is 4.57 Å². The number of benzene rings is 2. The van der Waals surface area contributed by atoms with Gasteiger partial charge in [0.05, 0.1) is 0 Å². The van der Waals surface area contributed by atoms with Crippen LogP contribution in [0.25, 0.3) is 20.4 Å². The van der Waals surface area contributed by atoms with Gasteiger partial charge in [0, 0.05) is 49.2 Å². The van der Waals surface area contributed by atoms with Gasteiger partial charge in [0.1, 0.15) is 0 Å². The van der Waals surface area contributed by atoms with E-state index in [1.807, 2.05) is 6.07 Å². The smallest absolute Gasteiger partial charge is 0.302 e. The Morgan fingerprint density at radius 1 is 1.08 bits per heavy atom. The molecule has 0 saturated carbocycles. The third-order valence-corrected chi connectivity index (χ3v) is 5.54. The molecule has 0 saturated heterocycles. The first kappa shape index (κ1) is 17.9. The lowest BCUT2D eigenvalue weighted by atomic mass is 10.1. The van der Waals surface area contributed by atoms with Crippen LogP contribution in [0.5, 0.6) is 0 Å². The molecule has 0 radical (unpaired) electrons. The molecule has 0 bridgehead atoms. The molecule has 25 heavy (non-hydrogen) atoms. The number of carbonyl (C=O) groups is 1. The highest BCUT2D eigenvalue weighted by molar-refractivity contribution is 7.24. The van der Waals surface area contributed by atoms with Crippen molar-refractivity contribution in [3.8, 4) is 0 Å². The SMILES string of the molecule is CCCC(=O)c1ccc2[s+]c3ccccc3[n+](CCCN(C)C)c2c1. The zero-order valence-corrected chi connectivity index (χ0v) is 16.1. The van der Waals surface area contributed by atoms with Crippen LogP contribution in [0, 0.1) is 0 Å².